The van der Waals surface area contributed by atoms with Gasteiger partial charge in [0.25, 0.3) is 0 Å². The molecule has 0 unspecified atom stereocenters. The SMILES string of the molecule is c1ccc(COc2ccc(CN3CCC(c4c[nH]c5ccccc45)CC3)cc2)nc1. The van der Waals surface area contributed by atoms with Crippen molar-refractivity contribution in [3.05, 3.63) is 95.9 Å². The largest absolute Gasteiger partial charge is 0.487 e. The molecule has 1 aliphatic heterocycles. The third kappa shape index (κ3) is 4.24. The molecule has 1 fully saturated rings. The molecule has 0 spiro atoms. The van der Waals surface area contributed by atoms with Crippen LogP contribution in [0.5, 0.6) is 5.75 Å². The fourth-order valence-corrected chi connectivity index (χ4v) is 4.42. The topological polar surface area (TPSA) is 41.1 Å². The van der Waals surface area contributed by atoms with E-state index in [9.17, 15) is 0 Å². The number of pyridine rings is 1. The molecule has 152 valence electrons. The lowest BCUT2D eigenvalue weighted by atomic mass is 9.89. The van der Waals surface area contributed by atoms with Gasteiger partial charge in [0.05, 0.1) is 5.69 Å². The molecule has 5 rings (SSSR count). The number of nitrogens with zero attached hydrogens (tertiary/aromatic N) is 2. The summed E-state index contributed by atoms with van der Waals surface area (Å²) in [5.41, 5.74) is 5.02. The second-order valence-corrected chi connectivity index (χ2v) is 8.09. The first-order valence-corrected chi connectivity index (χ1v) is 10.8. The summed E-state index contributed by atoms with van der Waals surface area (Å²) < 4.78 is 5.85. The summed E-state index contributed by atoms with van der Waals surface area (Å²) >= 11 is 0. The number of hydrogen-bond donors (Lipinski definition) is 1. The van der Waals surface area contributed by atoms with Gasteiger partial charge in [-0.25, -0.2) is 0 Å². The minimum Gasteiger partial charge on any atom is -0.487 e. The molecule has 3 heterocycles. The quantitative estimate of drug-likeness (QED) is 0.466. The van der Waals surface area contributed by atoms with Gasteiger partial charge in [-0.2, -0.15) is 0 Å². The third-order valence-corrected chi connectivity index (χ3v) is 6.09. The Morgan fingerprint density at radius 2 is 1.73 bits per heavy atom. The molecule has 0 bridgehead atoms. The highest BCUT2D eigenvalue weighted by Crippen LogP contribution is 2.33. The fraction of sp³-hybridized carbons (Fsp3) is 0.269. The molecule has 4 nitrogen and oxygen atoms in total. The van der Waals surface area contributed by atoms with Crippen molar-refractivity contribution < 1.29 is 4.74 Å². The van der Waals surface area contributed by atoms with Crippen LogP contribution in [0.1, 0.15) is 35.6 Å². The van der Waals surface area contributed by atoms with Crippen LogP contribution in [0.25, 0.3) is 10.9 Å². The number of nitrogens with one attached hydrogen (secondary N) is 1. The second-order valence-electron chi connectivity index (χ2n) is 8.09. The Morgan fingerprint density at radius 3 is 2.53 bits per heavy atom. The van der Waals surface area contributed by atoms with E-state index in [0.717, 1.165) is 31.1 Å². The smallest absolute Gasteiger partial charge is 0.130 e. The van der Waals surface area contributed by atoms with Gasteiger partial charge in [-0.3, -0.25) is 9.88 Å². The Kier molecular flexibility index (Phi) is 5.49. The zero-order valence-electron chi connectivity index (χ0n) is 17.1. The number of para-hydroxylation sites is 1. The van der Waals surface area contributed by atoms with Gasteiger partial charge in [-0.05, 0) is 73.3 Å². The average Bonchev–Trinajstić information content (AvgIpc) is 3.24. The van der Waals surface area contributed by atoms with E-state index in [1.807, 2.05) is 18.2 Å². The molecule has 0 atom stereocenters. The first-order chi connectivity index (χ1) is 14.8. The monoisotopic (exact) mass is 397 g/mol. The molecule has 1 saturated heterocycles. The van der Waals surface area contributed by atoms with Crippen LogP contribution in [0.3, 0.4) is 0 Å². The number of rotatable bonds is 6. The molecule has 1 N–H and O–H groups in total. The lowest BCUT2D eigenvalue weighted by molar-refractivity contribution is 0.205. The molecule has 0 saturated carbocycles. The van der Waals surface area contributed by atoms with Crippen molar-refractivity contribution in [2.75, 3.05) is 13.1 Å². The summed E-state index contributed by atoms with van der Waals surface area (Å²) in [7, 11) is 0. The Labute approximate surface area is 177 Å². The van der Waals surface area contributed by atoms with Gasteiger partial charge in [0.1, 0.15) is 12.4 Å². The molecular formula is C26H27N3O. The number of hydrogen-bond acceptors (Lipinski definition) is 3. The number of H-pyrrole nitrogens is 1. The van der Waals surface area contributed by atoms with Crippen LogP contribution in [0.2, 0.25) is 0 Å². The summed E-state index contributed by atoms with van der Waals surface area (Å²) in [6, 6.07) is 23.0. The Morgan fingerprint density at radius 1 is 0.933 bits per heavy atom. The molecule has 0 radical (unpaired) electrons. The summed E-state index contributed by atoms with van der Waals surface area (Å²) in [6.45, 7) is 3.78. The summed E-state index contributed by atoms with van der Waals surface area (Å²) in [5.74, 6) is 1.54. The maximum Gasteiger partial charge on any atom is 0.130 e. The highest BCUT2D eigenvalue weighted by Gasteiger charge is 2.22. The van der Waals surface area contributed by atoms with Crippen molar-refractivity contribution in [2.24, 2.45) is 0 Å². The first-order valence-electron chi connectivity index (χ1n) is 10.8. The zero-order chi connectivity index (χ0) is 20.2. The summed E-state index contributed by atoms with van der Waals surface area (Å²) in [6.07, 6.45) is 6.44. The maximum absolute atomic E-state index is 5.85. The van der Waals surface area contributed by atoms with Gasteiger partial charge in [0.15, 0.2) is 0 Å². The van der Waals surface area contributed by atoms with Crippen LogP contribution in [-0.2, 0) is 13.2 Å². The van der Waals surface area contributed by atoms with Gasteiger partial charge in [0, 0.05) is 29.8 Å². The Balaban J connectivity index is 1.14. The third-order valence-electron chi connectivity index (χ3n) is 6.09. The van der Waals surface area contributed by atoms with Crippen molar-refractivity contribution >= 4 is 10.9 Å². The molecule has 0 aliphatic carbocycles. The van der Waals surface area contributed by atoms with Gasteiger partial charge in [-0.15, -0.1) is 0 Å². The van der Waals surface area contributed by atoms with Gasteiger partial charge in [-0.1, -0.05) is 36.4 Å². The molecule has 2 aromatic heterocycles. The molecule has 30 heavy (non-hydrogen) atoms. The van der Waals surface area contributed by atoms with Crippen molar-refractivity contribution in [3.63, 3.8) is 0 Å². The van der Waals surface area contributed by atoms with Crippen molar-refractivity contribution in [2.45, 2.75) is 31.9 Å². The van der Waals surface area contributed by atoms with Crippen molar-refractivity contribution in [3.8, 4) is 5.75 Å². The van der Waals surface area contributed by atoms with E-state index < -0.39 is 0 Å². The number of aromatic amines is 1. The van der Waals surface area contributed by atoms with Gasteiger partial charge < -0.3 is 9.72 Å². The van der Waals surface area contributed by atoms with E-state index in [4.69, 9.17) is 4.74 Å². The lowest BCUT2D eigenvalue weighted by Gasteiger charge is -2.32. The number of fused-ring (bicyclic) bond motifs is 1. The van der Waals surface area contributed by atoms with Crippen LogP contribution in [-0.4, -0.2) is 28.0 Å². The summed E-state index contributed by atoms with van der Waals surface area (Å²) in [4.78, 5) is 10.3. The molecule has 4 aromatic rings. The predicted octanol–water partition coefficient (Wildman–Crippen LogP) is 5.52. The van der Waals surface area contributed by atoms with E-state index in [2.05, 4.69) is 69.6 Å². The zero-order valence-corrected chi connectivity index (χ0v) is 17.1. The second kappa shape index (κ2) is 8.72. The number of aromatic nitrogens is 2. The maximum atomic E-state index is 5.85. The molecule has 0 amide bonds. The molecular weight excluding hydrogens is 370 g/mol. The van der Waals surface area contributed by atoms with Crippen molar-refractivity contribution in [1.82, 2.24) is 14.9 Å². The van der Waals surface area contributed by atoms with Crippen LogP contribution >= 0.6 is 0 Å². The van der Waals surface area contributed by atoms with Crippen LogP contribution in [0.15, 0.2) is 79.1 Å². The van der Waals surface area contributed by atoms with Crippen LogP contribution in [0, 0.1) is 0 Å². The Bertz CT molecular complexity index is 1080. The number of likely N-dealkylation sites (tertiary alicyclic amines) is 1. The van der Waals surface area contributed by atoms with E-state index in [0.29, 0.717) is 12.5 Å². The molecule has 4 heteroatoms. The molecule has 1 aliphatic rings. The predicted molar refractivity (Wildman–Crippen MR) is 121 cm³/mol. The first kappa shape index (κ1) is 18.9. The standard InChI is InChI=1S/C26H27N3O/c1-2-7-26-24(6-1)25(17-28-26)21-12-15-29(16-13-21)18-20-8-10-23(11-9-20)30-19-22-5-3-4-14-27-22/h1-11,14,17,21,28H,12-13,15-16,18-19H2. The average molecular weight is 398 g/mol. The lowest BCUT2D eigenvalue weighted by Crippen LogP contribution is -2.32. The highest BCUT2D eigenvalue weighted by atomic mass is 16.5. The fourth-order valence-electron chi connectivity index (χ4n) is 4.42. The van der Waals surface area contributed by atoms with E-state index in [-0.39, 0.29) is 0 Å². The highest BCUT2D eigenvalue weighted by molar-refractivity contribution is 5.83. The minimum absolute atomic E-state index is 0.502. The number of benzene rings is 2. The van der Waals surface area contributed by atoms with E-state index in [1.165, 1.54) is 34.9 Å². The summed E-state index contributed by atoms with van der Waals surface area (Å²) in [5, 5.41) is 1.39. The minimum atomic E-state index is 0.502. The van der Waals surface area contributed by atoms with E-state index in [1.54, 1.807) is 6.20 Å². The van der Waals surface area contributed by atoms with Crippen molar-refractivity contribution in [1.29, 1.82) is 0 Å². The van der Waals surface area contributed by atoms with Crippen LogP contribution < -0.4 is 4.74 Å². The van der Waals surface area contributed by atoms with E-state index >= 15 is 0 Å². The number of piperidine rings is 1. The molecule has 2 aromatic carbocycles. The van der Waals surface area contributed by atoms with Gasteiger partial charge in [0.2, 0.25) is 0 Å². The number of ether oxygens (including phenoxy) is 1. The van der Waals surface area contributed by atoms with Gasteiger partial charge >= 0.3 is 0 Å². The van der Waals surface area contributed by atoms with Crippen LogP contribution in [0.4, 0.5) is 0 Å². The normalized spacial score (nSPS) is 15.5. The Hall–Kier alpha value is -3.11.